The molecule has 1 heterocycles. The molecule has 0 spiro atoms. The fourth-order valence-corrected chi connectivity index (χ4v) is 1.59. The quantitative estimate of drug-likeness (QED) is 0.663. The second-order valence-corrected chi connectivity index (χ2v) is 3.59. The van der Waals surface area contributed by atoms with Crippen LogP contribution in [0.4, 0.5) is 8.78 Å². The minimum atomic E-state index is -2.65. The molecule has 1 rings (SSSR count). The number of piperidine rings is 1. The van der Waals surface area contributed by atoms with Crippen LogP contribution in [0.3, 0.4) is 0 Å². The Balaban J connectivity index is 2.39. The highest BCUT2D eigenvalue weighted by atomic mass is 19.3. The Labute approximate surface area is 71.0 Å². The third-order valence-corrected chi connectivity index (χ3v) is 2.21. The van der Waals surface area contributed by atoms with Crippen LogP contribution >= 0.6 is 0 Å². The van der Waals surface area contributed by atoms with Crippen LogP contribution in [0.15, 0.2) is 0 Å². The molecule has 0 aromatic rings. The Bertz CT molecular complexity index is 146. The topological polar surface area (TPSA) is 32.3 Å². The van der Waals surface area contributed by atoms with E-state index in [1.165, 1.54) is 0 Å². The van der Waals surface area contributed by atoms with Gasteiger partial charge in [0, 0.05) is 13.0 Å². The summed E-state index contributed by atoms with van der Waals surface area (Å²) < 4.78 is 25.1. The molecule has 12 heavy (non-hydrogen) atoms. The van der Waals surface area contributed by atoms with Gasteiger partial charge in [0.05, 0.1) is 6.10 Å². The van der Waals surface area contributed by atoms with E-state index in [1.807, 2.05) is 0 Å². The van der Waals surface area contributed by atoms with E-state index in [0.717, 1.165) is 13.5 Å². The monoisotopic (exact) mass is 179 g/mol. The van der Waals surface area contributed by atoms with Crippen molar-refractivity contribution in [1.82, 2.24) is 5.32 Å². The zero-order chi connectivity index (χ0) is 9.19. The number of halogens is 2. The van der Waals surface area contributed by atoms with Gasteiger partial charge < -0.3 is 10.4 Å². The number of aliphatic hydroxyl groups excluding tert-OH is 1. The van der Waals surface area contributed by atoms with E-state index in [-0.39, 0.29) is 12.3 Å². The lowest BCUT2D eigenvalue weighted by Crippen LogP contribution is -2.42. The van der Waals surface area contributed by atoms with E-state index < -0.39 is 12.0 Å². The fraction of sp³-hybridized carbons (Fsp3) is 1.00. The summed E-state index contributed by atoms with van der Waals surface area (Å²) in [5, 5.41) is 12.3. The smallest absolute Gasteiger partial charge is 0.245 e. The molecule has 0 aromatic heterocycles. The highest BCUT2D eigenvalue weighted by molar-refractivity contribution is 4.80. The maximum atomic E-state index is 12.5. The Kier molecular flexibility index (Phi) is 3.01. The zero-order valence-corrected chi connectivity index (χ0v) is 7.19. The molecular weight excluding hydrogens is 164 g/mol. The van der Waals surface area contributed by atoms with E-state index in [1.54, 1.807) is 0 Å². The summed E-state index contributed by atoms with van der Waals surface area (Å²) in [7, 11) is 0. The lowest BCUT2D eigenvalue weighted by molar-refractivity contribution is -0.0357. The summed E-state index contributed by atoms with van der Waals surface area (Å²) in [4.78, 5) is 0. The molecule has 2 nitrogen and oxygen atoms in total. The van der Waals surface area contributed by atoms with Crippen molar-refractivity contribution in [3.05, 3.63) is 0 Å². The van der Waals surface area contributed by atoms with Gasteiger partial charge in [-0.05, 0) is 25.8 Å². The van der Waals surface area contributed by atoms with Gasteiger partial charge in [0.15, 0.2) is 0 Å². The third-order valence-electron chi connectivity index (χ3n) is 2.21. The lowest BCUT2D eigenvalue weighted by atomic mass is 9.90. The van der Waals surface area contributed by atoms with Crippen molar-refractivity contribution in [3.8, 4) is 0 Å². The Morgan fingerprint density at radius 2 is 2.25 bits per heavy atom. The lowest BCUT2D eigenvalue weighted by Gasteiger charge is -2.30. The van der Waals surface area contributed by atoms with Crippen LogP contribution in [0.5, 0.6) is 0 Å². The maximum Gasteiger partial charge on any atom is 0.245 e. The normalized spacial score (nSPS) is 32.0. The first-order valence-electron chi connectivity index (χ1n) is 4.25. The van der Waals surface area contributed by atoms with Crippen molar-refractivity contribution in [2.24, 2.45) is 5.92 Å². The molecule has 2 unspecified atom stereocenters. The summed E-state index contributed by atoms with van der Waals surface area (Å²) in [6.07, 6.45) is -0.162. The molecule has 0 radical (unpaired) electrons. The summed E-state index contributed by atoms with van der Waals surface area (Å²) in [6, 6.07) is 0. The predicted octanol–water partition coefficient (Wildman–Crippen LogP) is 1.00. The molecule has 0 amide bonds. The van der Waals surface area contributed by atoms with Crippen LogP contribution in [0.2, 0.25) is 0 Å². The minimum Gasteiger partial charge on any atom is -0.392 e. The molecule has 0 bridgehead atoms. The van der Waals surface area contributed by atoms with Gasteiger partial charge in [-0.15, -0.1) is 0 Å². The number of rotatable bonds is 2. The van der Waals surface area contributed by atoms with Crippen LogP contribution in [0.1, 0.15) is 19.8 Å². The molecule has 1 fully saturated rings. The number of aliphatic hydroxyl groups is 1. The highest BCUT2D eigenvalue weighted by Crippen LogP contribution is 2.27. The number of β-amino-alcohol motifs (C(OH)–C–C–N with tert-alkyl or cyclic N) is 1. The Morgan fingerprint density at radius 1 is 1.58 bits per heavy atom. The van der Waals surface area contributed by atoms with E-state index in [4.69, 9.17) is 0 Å². The summed E-state index contributed by atoms with van der Waals surface area (Å²) >= 11 is 0. The first kappa shape index (κ1) is 9.86. The van der Waals surface area contributed by atoms with Gasteiger partial charge in [-0.2, -0.15) is 0 Å². The van der Waals surface area contributed by atoms with E-state index >= 15 is 0 Å². The Morgan fingerprint density at radius 3 is 2.75 bits per heavy atom. The largest absolute Gasteiger partial charge is 0.392 e. The molecule has 0 aliphatic carbocycles. The summed E-state index contributed by atoms with van der Waals surface area (Å²) in [6.45, 7) is 2.08. The summed E-state index contributed by atoms with van der Waals surface area (Å²) in [5.74, 6) is -2.89. The zero-order valence-electron chi connectivity index (χ0n) is 7.19. The van der Waals surface area contributed by atoms with Crippen molar-refractivity contribution in [3.63, 3.8) is 0 Å². The average Bonchev–Trinajstić information content (AvgIpc) is 1.91. The second kappa shape index (κ2) is 3.66. The van der Waals surface area contributed by atoms with Crippen LogP contribution < -0.4 is 5.32 Å². The first-order chi connectivity index (χ1) is 5.49. The van der Waals surface area contributed by atoms with Gasteiger partial charge in [0.25, 0.3) is 0 Å². The Hall–Kier alpha value is -0.220. The number of alkyl halides is 2. The van der Waals surface area contributed by atoms with Crippen molar-refractivity contribution in [2.75, 3.05) is 13.1 Å². The first-order valence-corrected chi connectivity index (χ1v) is 4.25. The van der Waals surface area contributed by atoms with Crippen molar-refractivity contribution in [1.29, 1.82) is 0 Å². The molecule has 0 saturated carbocycles. The van der Waals surface area contributed by atoms with Crippen LogP contribution in [-0.2, 0) is 0 Å². The van der Waals surface area contributed by atoms with E-state index in [9.17, 15) is 13.9 Å². The third kappa shape index (κ3) is 3.03. The average molecular weight is 179 g/mol. The minimum absolute atomic E-state index is 0.199. The van der Waals surface area contributed by atoms with Gasteiger partial charge in [-0.1, -0.05) is 0 Å². The number of nitrogens with one attached hydrogen (secondary N) is 1. The van der Waals surface area contributed by atoms with Crippen molar-refractivity contribution < 1.29 is 13.9 Å². The molecule has 2 N–H and O–H groups in total. The van der Waals surface area contributed by atoms with E-state index in [2.05, 4.69) is 5.32 Å². The van der Waals surface area contributed by atoms with E-state index in [0.29, 0.717) is 13.0 Å². The molecule has 1 aliphatic heterocycles. The molecular formula is C8H15F2NO. The molecule has 0 aromatic carbocycles. The van der Waals surface area contributed by atoms with Gasteiger partial charge >= 0.3 is 0 Å². The molecule has 4 heteroatoms. The van der Waals surface area contributed by atoms with Crippen LogP contribution in [-0.4, -0.2) is 30.2 Å². The van der Waals surface area contributed by atoms with Crippen molar-refractivity contribution >= 4 is 0 Å². The van der Waals surface area contributed by atoms with Gasteiger partial charge in [-0.25, -0.2) is 8.78 Å². The fourth-order valence-electron chi connectivity index (χ4n) is 1.59. The number of hydrogen-bond acceptors (Lipinski definition) is 2. The standard InChI is InChI=1S/C8H15F2NO/c1-8(9,10)4-6-2-3-11-5-7(6)12/h6-7,11-12H,2-5H2,1H3. The number of hydrogen-bond donors (Lipinski definition) is 2. The highest BCUT2D eigenvalue weighted by Gasteiger charge is 2.32. The van der Waals surface area contributed by atoms with Gasteiger partial charge in [-0.3, -0.25) is 0 Å². The second-order valence-electron chi connectivity index (χ2n) is 3.59. The van der Waals surface area contributed by atoms with Gasteiger partial charge in [0.1, 0.15) is 0 Å². The van der Waals surface area contributed by atoms with Crippen LogP contribution in [0, 0.1) is 5.92 Å². The molecule has 1 saturated heterocycles. The molecule has 2 atom stereocenters. The van der Waals surface area contributed by atoms with Crippen LogP contribution in [0.25, 0.3) is 0 Å². The predicted molar refractivity (Wildman–Crippen MR) is 42.2 cm³/mol. The SMILES string of the molecule is CC(F)(F)CC1CCNCC1O. The molecule has 1 aliphatic rings. The molecule has 72 valence electrons. The summed E-state index contributed by atoms with van der Waals surface area (Å²) in [5.41, 5.74) is 0. The maximum absolute atomic E-state index is 12.5. The van der Waals surface area contributed by atoms with Gasteiger partial charge in [0.2, 0.25) is 5.92 Å². The van der Waals surface area contributed by atoms with Crippen molar-refractivity contribution in [2.45, 2.75) is 31.8 Å².